The number of hydrogen-bond donors (Lipinski definition) is 9. The summed E-state index contributed by atoms with van der Waals surface area (Å²) in [7, 11) is -1.00. The molecule has 2 atom stereocenters. The maximum Gasteiger partial charge on any atom is 0.519 e. The number of aryl methyl sites for hydroxylation is 4. The van der Waals surface area contributed by atoms with Crippen molar-refractivity contribution >= 4 is 85.9 Å². The molecule has 143 heavy (non-hydrogen) atoms. The molecule has 15 aromatic rings. The van der Waals surface area contributed by atoms with Crippen LogP contribution in [-0.2, 0) is 82.5 Å². The molecule has 38 heteroatoms. The van der Waals surface area contributed by atoms with Gasteiger partial charge in [-0.25, -0.2) is 58.1 Å². The molecule has 7 aromatic carbocycles. The Hall–Kier alpha value is -15.6. The van der Waals surface area contributed by atoms with E-state index in [1.807, 2.05) is 102 Å². The number of likely N-dealkylation sites (tertiary alicyclic amines) is 1. The fraction of sp³-hybridized carbons (Fsp3) is 0.333. The number of aromatic hydroxyl groups is 4. The monoisotopic (exact) mass is 1970 g/mol. The topological polar surface area (TPSA) is 475 Å². The fourth-order valence-electron chi connectivity index (χ4n) is 20.4. The van der Waals surface area contributed by atoms with E-state index in [1.165, 1.54) is 58.4 Å². The summed E-state index contributed by atoms with van der Waals surface area (Å²) in [5.41, 5.74) is 8.11. The number of phenols is 4. The molecule has 0 bridgehead atoms. The van der Waals surface area contributed by atoms with Crippen molar-refractivity contribution in [3.8, 4) is 97.2 Å². The third-order valence-electron chi connectivity index (χ3n) is 28.2. The molecule has 0 radical (unpaired) electrons. The van der Waals surface area contributed by atoms with Crippen molar-refractivity contribution in [2.45, 2.75) is 182 Å². The minimum absolute atomic E-state index is 0. The molecule has 8 aromatic heterocycles. The van der Waals surface area contributed by atoms with Crippen LogP contribution >= 0.6 is 12.4 Å². The first-order valence-corrected chi connectivity index (χ1v) is 47.3. The Balaban J connectivity index is 0.000000155. The Bertz CT molecular complexity index is 7880. The van der Waals surface area contributed by atoms with E-state index in [2.05, 4.69) is 47.1 Å². The molecule has 1 amide bonds. The number of rotatable bonds is 20. The number of nitro groups is 1. The molecule has 0 unspecified atom stereocenters. The predicted molar refractivity (Wildman–Crippen MR) is 532 cm³/mol. The van der Waals surface area contributed by atoms with Gasteiger partial charge in [-0.15, -0.1) is 12.4 Å². The summed E-state index contributed by atoms with van der Waals surface area (Å²) >= 11 is 0. The zero-order chi connectivity index (χ0) is 101. The van der Waals surface area contributed by atoms with Gasteiger partial charge in [0.1, 0.15) is 53.5 Å². The Morgan fingerprint density at radius 3 is 1.41 bits per heavy atom. The number of alkyl halides is 1. The number of cyclic esters (lactones) is 2. The number of fused-ring (bicyclic) bond motifs is 12. The molecule has 0 aliphatic carbocycles. The van der Waals surface area contributed by atoms with Crippen LogP contribution in [0.2, 0.25) is 0 Å². The lowest BCUT2D eigenvalue weighted by Crippen LogP contribution is -2.44. The number of aliphatic hydroxyl groups is 2. The van der Waals surface area contributed by atoms with Crippen LogP contribution in [0.15, 0.2) is 177 Å². The Morgan fingerprint density at radius 2 is 0.979 bits per heavy atom. The van der Waals surface area contributed by atoms with E-state index in [9.17, 15) is 83.5 Å². The van der Waals surface area contributed by atoms with Gasteiger partial charge >= 0.3 is 35.6 Å². The molecule has 6 aliphatic rings. The lowest BCUT2D eigenvalue weighted by Gasteiger charge is -2.31. The van der Waals surface area contributed by atoms with Crippen LogP contribution in [0.4, 0.5) is 19.7 Å². The van der Waals surface area contributed by atoms with Crippen molar-refractivity contribution in [1.29, 1.82) is 0 Å². The number of H-pyrrole nitrogens is 2. The highest BCUT2D eigenvalue weighted by Gasteiger charge is 2.48. The zero-order valence-corrected chi connectivity index (χ0v) is 80.4. The number of nitrogens with zero attached hydrogens (tertiary/aromatic N) is 12. The van der Waals surface area contributed by atoms with Gasteiger partial charge in [0.25, 0.3) is 16.8 Å². The minimum Gasteiger partial charge on any atom is -0.508 e. The summed E-state index contributed by atoms with van der Waals surface area (Å²) in [6.07, 6.45) is 10.3. The van der Waals surface area contributed by atoms with Gasteiger partial charge in [-0.1, -0.05) is 55.4 Å². The number of aromatic amines is 2. The highest BCUT2D eigenvalue weighted by Crippen LogP contribution is 2.47. The molecule has 9 N–H and O–H groups in total. The van der Waals surface area contributed by atoms with Crippen LogP contribution in [0.5, 0.6) is 40.2 Å². The number of hydrogen-bond acceptors (Lipinski definition) is 26. The summed E-state index contributed by atoms with van der Waals surface area (Å²) in [6.45, 7) is 20.3. The molecular weight excluding hydrogens is 1860 g/mol. The molecular formula is C105H107ClFN15O21. The molecule has 2 fully saturated rings. The summed E-state index contributed by atoms with van der Waals surface area (Å²) in [5, 5.41) is 95.4. The largest absolute Gasteiger partial charge is 0.519 e. The summed E-state index contributed by atoms with van der Waals surface area (Å²) in [5.74, 6) is 0.564. The van der Waals surface area contributed by atoms with Crippen LogP contribution in [0, 0.1) is 22.0 Å². The van der Waals surface area contributed by atoms with E-state index in [0.717, 1.165) is 113 Å². The van der Waals surface area contributed by atoms with Gasteiger partial charge in [-0.3, -0.25) is 24.1 Å². The lowest BCUT2D eigenvalue weighted by molar-refractivity contribution is -0.384. The Kier molecular flexibility index (Phi) is 27.4. The van der Waals surface area contributed by atoms with E-state index in [1.54, 1.807) is 76.4 Å². The van der Waals surface area contributed by atoms with Crippen LogP contribution in [0.3, 0.4) is 0 Å². The van der Waals surface area contributed by atoms with Gasteiger partial charge in [0.15, 0.2) is 22.9 Å². The first-order chi connectivity index (χ1) is 68.7. The summed E-state index contributed by atoms with van der Waals surface area (Å²) in [6, 6.07) is 40.4. The quantitative estimate of drug-likeness (QED) is 0.0148. The minimum atomic E-state index is -1.91. The first kappa shape index (κ1) is 97.6. The van der Waals surface area contributed by atoms with Gasteiger partial charge < -0.3 is 82.8 Å². The summed E-state index contributed by atoms with van der Waals surface area (Å²) < 4.78 is 52.9. The van der Waals surface area contributed by atoms with Crippen molar-refractivity contribution in [2.24, 2.45) is 11.8 Å². The molecule has 2 saturated heterocycles. The van der Waals surface area contributed by atoms with Crippen molar-refractivity contribution in [2.75, 3.05) is 33.3 Å². The second-order valence-corrected chi connectivity index (χ2v) is 36.9. The molecule has 6 aliphatic heterocycles. The number of non-ortho nitro benzene ring substituents is 1. The summed E-state index contributed by atoms with van der Waals surface area (Å²) in [4.78, 5) is 126. The van der Waals surface area contributed by atoms with Gasteiger partial charge in [0, 0.05) is 118 Å². The van der Waals surface area contributed by atoms with Crippen LogP contribution in [0.25, 0.3) is 101 Å². The molecule has 36 nitrogen and oxygen atoms in total. The van der Waals surface area contributed by atoms with Gasteiger partial charge in [0.2, 0.25) is 0 Å². The number of carbonyl (C=O) groups is 4. The molecule has 21 rings (SSSR count). The number of nitrogens with one attached hydrogen (secondary N) is 3. The molecule has 14 heterocycles. The number of ether oxygens (including phenoxy) is 5. The molecule has 742 valence electrons. The number of nitro benzene ring substituents is 1. The highest BCUT2D eigenvalue weighted by molar-refractivity contribution is 5.93. The first-order valence-electron chi connectivity index (χ1n) is 48.0. The smallest absolute Gasteiger partial charge is 0.508 e. The van der Waals surface area contributed by atoms with E-state index in [0.29, 0.717) is 111 Å². The number of carbonyl (C=O) groups excluding carboxylic acids is 4. The van der Waals surface area contributed by atoms with E-state index >= 15 is 0 Å². The standard InChI is InChI=1S/C49H49N7O9.C29H23N3O9.C26H31N5O3.CH3F.ClH/c1-5-31-33-20-30(8-9-38(33)50-43-35(31)24-55-40(43)22-37-36(45(55)59)25-64-46(60)49(37,63)6-2)65-48(62)54-16-12-27(13-17-54)11-15-53-18-14-28-19-29(7-10-39(28)53)56-44(51-52-47(56)61)34-21-32(26(3)4)41(57)23-42(34)58;1-3-18-19-11-17(41-28(35)40-16-7-5-15(6-8-16)32(37)38)9-10-23(19)30-25-20(18)13-31-24(25)12-22-21(26(31)33)14-39-27(34)29(22,36)4-2;1-16(2)20-14-21(24(33)15-23(20)32)25-28-29-26(34)31(25)19-3-4-22-18(13-19)8-12-30(22)11-7-17-5-9-27-10-6-17;1-2;/h7-10,14,18-23,26-27,57-58,63H,5-6,11-13,15-17,24-25H2,1-4H3,(H,52,61);5-12,36H,3-4,13-14H2,1-2H3;3-4,8,12-17,27,32-33H,5-7,9-11H2,1-2H3,(H,29,34);1H3;1H/t49-;29-;;;/m00.../s1/i;;;1D;. The second-order valence-electron chi connectivity index (χ2n) is 36.9. The van der Waals surface area contributed by atoms with Gasteiger partial charge in [0.05, 0.1) is 94.0 Å². The number of pyridine rings is 4. The normalized spacial score (nSPS) is 16.3. The van der Waals surface area contributed by atoms with Crippen molar-refractivity contribution in [3.05, 3.63) is 265 Å². The fourth-order valence-corrected chi connectivity index (χ4v) is 20.4. The van der Waals surface area contributed by atoms with Crippen LogP contribution in [0.1, 0.15) is 176 Å². The van der Waals surface area contributed by atoms with Gasteiger partial charge in [-0.2, -0.15) is 10.2 Å². The highest BCUT2D eigenvalue weighted by atomic mass is 35.5. The maximum atomic E-state index is 13.7. The van der Waals surface area contributed by atoms with Crippen LogP contribution < -0.4 is 42.0 Å². The number of amides is 1. The number of esters is 2. The van der Waals surface area contributed by atoms with Crippen molar-refractivity contribution in [1.82, 2.24) is 68.0 Å². The van der Waals surface area contributed by atoms with E-state index < -0.39 is 58.8 Å². The zero-order valence-electron chi connectivity index (χ0n) is 80.6. The average molecular weight is 1970 g/mol. The van der Waals surface area contributed by atoms with Gasteiger partial charge in [-0.05, 0) is 245 Å². The lowest BCUT2D eigenvalue weighted by atomic mass is 9.86. The van der Waals surface area contributed by atoms with Crippen LogP contribution in [-0.4, -0.2) is 156 Å². The SMILES string of the molecule is CC(C)c1cc(-c2n[nH]c(=O)n2-c2ccc3c(ccn3CCC3CCNCC3)c2)c(O)cc1O.CCc1c2c(nc3ccc(OC(=O)N4CCC(CCn5ccc6cc(-n7c(-c8cc(C(C)C)c(O)cc8O)n[nH]c7=O)ccc65)CC4)cc13)-c1cc3c(c(=O)n1C2)COC(=O)[C@]3(O)CC.CCc1c2c(nc3ccc(OC(=O)Oc4ccc([N+](=O)[O-])cc4)cc13)-c1cc3c(c(=O)n1C2)COC(=O)[C@]3(O)CC.Cl.[2H]CF. The predicted octanol–water partition coefficient (Wildman–Crippen LogP) is 16.2. The Morgan fingerprint density at radius 1 is 0.552 bits per heavy atom. The van der Waals surface area contributed by atoms with Crippen molar-refractivity contribution < 1.29 is 84.2 Å². The second kappa shape index (κ2) is 40.2. The number of piperidine rings is 2. The number of phenolic OH excluding ortho intramolecular Hbond substituents is 4. The average Bonchev–Trinajstić information content (AvgIpc) is 1.54. The maximum absolute atomic E-state index is 13.7. The number of benzene rings is 7. The third-order valence-corrected chi connectivity index (χ3v) is 28.2. The number of aromatic nitrogens is 12. The molecule has 0 saturated carbocycles. The molecule has 0 spiro atoms. The van der Waals surface area contributed by atoms with E-state index in [-0.39, 0.29) is 143 Å². The van der Waals surface area contributed by atoms with Crippen molar-refractivity contribution in [3.63, 3.8) is 0 Å². The Labute approximate surface area is 823 Å². The number of halogens is 2. The van der Waals surface area contributed by atoms with E-state index in [4.69, 9.17) is 35.0 Å². The third kappa shape index (κ3) is 18.4.